The summed E-state index contributed by atoms with van der Waals surface area (Å²) in [4.78, 5) is 21.9. The van der Waals surface area contributed by atoms with Crippen LogP contribution in [0.15, 0.2) is 30.6 Å². The molecule has 3 rings (SSSR count). The maximum Gasteiger partial charge on any atom is 0.417 e. The Balaban J connectivity index is 2.11. The normalized spacial score (nSPS) is 17.8. The molecule has 1 N–H and O–H groups in total. The Morgan fingerprint density at radius 1 is 1.31 bits per heavy atom. The standard InChI is InChI=1S/C16H15F3N4O3/c1-22-8-14(24)23(15(22)25)12-6-11(16(17,18)19)10(7-21-12)9-3-4-20-13(5-9)26-2/h3-7,14,24H,8H2,1-2H3. The van der Waals surface area contributed by atoms with Gasteiger partial charge >= 0.3 is 12.2 Å². The van der Waals surface area contributed by atoms with Gasteiger partial charge in [-0.25, -0.2) is 19.7 Å². The predicted molar refractivity (Wildman–Crippen MR) is 85.5 cm³/mol. The van der Waals surface area contributed by atoms with Crippen LogP contribution in [0.25, 0.3) is 11.1 Å². The number of hydrogen-bond donors (Lipinski definition) is 1. The number of methoxy groups -OCH3 is 1. The van der Waals surface area contributed by atoms with Gasteiger partial charge in [-0.05, 0) is 17.7 Å². The van der Waals surface area contributed by atoms with Crippen LogP contribution < -0.4 is 9.64 Å². The van der Waals surface area contributed by atoms with Gasteiger partial charge in [0.1, 0.15) is 5.82 Å². The lowest BCUT2D eigenvalue weighted by atomic mass is 10.0. The molecule has 0 aromatic carbocycles. The van der Waals surface area contributed by atoms with E-state index in [2.05, 4.69) is 9.97 Å². The summed E-state index contributed by atoms with van der Waals surface area (Å²) in [5.74, 6) is -0.115. The number of urea groups is 1. The molecule has 2 aromatic heterocycles. The van der Waals surface area contributed by atoms with Crippen LogP contribution in [0.3, 0.4) is 0 Å². The summed E-state index contributed by atoms with van der Waals surface area (Å²) < 4.78 is 45.8. The van der Waals surface area contributed by atoms with Gasteiger partial charge in [-0.2, -0.15) is 13.2 Å². The summed E-state index contributed by atoms with van der Waals surface area (Å²) >= 11 is 0. The van der Waals surface area contributed by atoms with Gasteiger partial charge in [-0.3, -0.25) is 0 Å². The molecule has 1 atom stereocenters. The summed E-state index contributed by atoms with van der Waals surface area (Å²) in [5, 5.41) is 9.95. The summed E-state index contributed by atoms with van der Waals surface area (Å²) in [7, 11) is 2.79. The lowest BCUT2D eigenvalue weighted by Gasteiger charge is -2.21. The largest absolute Gasteiger partial charge is 0.481 e. The van der Waals surface area contributed by atoms with Crippen LogP contribution >= 0.6 is 0 Å². The van der Waals surface area contributed by atoms with Crippen LogP contribution in [0.1, 0.15) is 5.56 Å². The van der Waals surface area contributed by atoms with E-state index in [0.717, 1.165) is 17.2 Å². The number of likely N-dealkylation sites (N-methyl/N-ethyl adjacent to an activating group) is 1. The van der Waals surface area contributed by atoms with Crippen molar-refractivity contribution in [2.45, 2.75) is 12.4 Å². The molecule has 0 bridgehead atoms. The SMILES string of the molecule is COc1cc(-c2cnc(N3C(=O)N(C)CC3O)cc2C(F)(F)F)ccn1. The van der Waals surface area contributed by atoms with Crippen molar-refractivity contribution in [2.24, 2.45) is 0 Å². The molecule has 7 nitrogen and oxygen atoms in total. The van der Waals surface area contributed by atoms with E-state index < -0.39 is 24.0 Å². The third kappa shape index (κ3) is 3.15. The molecule has 0 radical (unpaired) electrons. The zero-order valence-electron chi connectivity index (χ0n) is 13.9. The molecule has 0 saturated carbocycles. The number of halogens is 3. The summed E-state index contributed by atoms with van der Waals surface area (Å²) in [6.07, 6.45) is -3.62. The highest BCUT2D eigenvalue weighted by Crippen LogP contribution is 2.39. The molecule has 138 valence electrons. The Hall–Kier alpha value is -2.88. The summed E-state index contributed by atoms with van der Waals surface area (Å²) in [5.41, 5.74) is -0.949. The van der Waals surface area contributed by atoms with E-state index >= 15 is 0 Å². The van der Waals surface area contributed by atoms with Gasteiger partial charge in [-0.1, -0.05) is 0 Å². The predicted octanol–water partition coefficient (Wildman–Crippen LogP) is 2.36. The van der Waals surface area contributed by atoms with Crippen LogP contribution in [-0.4, -0.2) is 52.9 Å². The molecular formula is C16H15F3N4O3. The Morgan fingerprint density at radius 3 is 2.62 bits per heavy atom. The number of pyridine rings is 2. The number of carbonyl (C=O) groups is 1. The number of hydrogen-bond acceptors (Lipinski definition) is 5. The van der Waals surface area contributed by atoms with Crippen molar-refractivity contribution in [1.29, 1.82) is 0 Å². The Bertz CT molecular complexity index is 844. The summed E-state index contributed by atoms with van der Waals surface area (Å²) in [6, 6.07) is 2.88. The number of β-amino-alcohol motifs (C(OH)–C–C–N with tert-alkyl or cyclic N) is 1. The molecule has 1 aliphatic heterocycles. The smallest absolute Gasteiger partial charge is 0.417 e. The van der Waals surface area contributed by atoms with Crippen molar-refractivity contribution in [3.8, 4) is 17.0 Å². The van der Waals surface area contributed by atoms with Crippen molar-refractivity contribution >= 4 is 11.8 Å². The lowest BCUT2D eigenvalue weighted by Crippen LogP contribution is -2.35. The number of nitrogens with zero attached hydrogens (tertiary/aromatic N) is 4. The average Bonchev–Trinajstić information content (AvgIpc) is 2.86. The van der Waals surface area contributed by atoms with E-state index in [-0.39, 0.29) is 29.4 Å². The second-order valence-corrected chi connectivity index (χ2v) is 5.69. The Morgan fingerprint density at radius 2 is 2.04 bits per heavy atom. The number of alkyl halides is 3. The van der Waals surface area contributed by atoms with E-state index in [4.69, 9.17) is 4.74 Å². The van der Waals surface area contributed by atoms with Crippen LogP contribution in [0, 0.1) is 0 Å². The maximum absolute atomic E-state index is 13.6. The molecule has 1 aliphatic rings. The fourth-order valence-electron chi connectivity index (χ4n) is 2.70. The lowest BCUT2D eigenvalue weighted by molar-refractivity contribution is -0.137. The van der Waals surface area contributed by atoms with Gasteiger partial charge in [0.25, 0.3) is 0 Å². The first-order valence-corrected chi connectivity index (χ1v) is 7.52. The maximum atomic E-state index is 13.6. The van der Waals surface area contributed by atoms with Gasteiger partial charge in [0.15, 0.2) is 6.23 Å². The quantitative estimate of drug-likeness (QED) is 0.900. The first-order chi connectivity index (χ1) is 12.2. The van der Waals surface area contributed by atoms with Crippen molar-refractivity contribution in [3.05, 3.63) is 36.2 Å². The fourth-order valence-corrected chi connectivity index (χ4v) is 2.70. The zero-order valence-corrected chi connectivity index (χ0v) is 13.9. The van der Waals surface area contributed by atoms with Crippen LogP contribution in [-0.2, 0) is 6.18 Å². The molecule has 1 unspecified atom stereocenters. The first kappa shape index (κ1) is 17.9. The third-order valence-electron chi connectivity index (χ3n) is 3.96. The fraction of sp³-hybridized carbons (Fsp3) is 0.312. The highest BCUT2D eigenvalue weighted by molar-refractivity contribution is 5.93. The number of rotatable bonds is 3. The van der Waals surface area contributed by atoms with Gasteiger partial charge in [0.05, 0.1) is 19.2 Å². The third-order valence-corrected chi connectivity index (χ3v) is 3.96. The van der Waals surface area contributed by atoms with Crippen LogP contribution in [0.5, 0.6) is 5.88 Å². The van der Waals surface area contributed by atoms with Gasteiger partial charge < -0.3 is 14.7 Å². The van der Waals surface area contributed by atoms with E-state index in [1.165, 1.54) is 37.4 Å². The average molecular weight is 368 g/mol. The molecule has 0 spiro atoms. The second-order valence-electron chi connectivity index (χ2n) is 5.69. The van der Waals surface area contributed by atoms with Gasteiger partial charge in [0.2, 0.25) is 5.88 Å². The number of ether oxygens (including phenoxy) is 1. The number of aliphatic hydroxyl groups is 1. The molecule has 3 heterocycles. The van der Waals surface area contributed by atoms with Crippen molar-refractivity contribution in [3.63, 3.8) is 0 Å². The molecule has 2 aromatic rings. The van der Waals surface area contributed by atoms with Gasteiger partial charge in [0, 0.05) is 31.1 Å². The minimum atomic E-state index is -4.69. The number of amides is 2. The number of aromatic nitrogens is 2. The van der Waals surface area contributed by atoms with Crippen molar-refractivity contribution < 1.29 is 27.8 Å². The molecule has 1 saturated heterocycles. The minimum absolute atomic E-state index is 0.0226. The molecule has 2 amide bonds. The van der Waals surface area contributed by atoms with Gasteiger partial charge in [-0.15, -0.1) is 0 Å². The monoisotopic (exact) mass is 368 g/mol. The molecule has 1 fully saturated rings. The molecule has 26 heavy (non-hydrogen) atoms. The minimum Gasteiger partial charge on any atom is -0.481 e. The highest BCUT2D eigenvalue weighted by Gasteiger charge is 2.39. The topological polar surface area (TPSA) is 78.8 Å². The molecular weight excluding hydrogens is 353 g/mol. The van der Waals surface area contributed by atoms with E-state index in [1.807, 2.05) is 0 Å². The first-order valence-electron chi connectivity index (χ1n) is 7.52. The van der Waals surface area contributed by atoms with Crippen molar-refractivity contribution in [1.82, 2.24) is 14.9 Å². The Kier molecular flexibility index (Phi) is 4.45. The summed E-state index contributed by atoms with van der Waals surface area (Å²) in [6.45, 7) is -0.0226. The van der Waals surface area contributed by atoms with E-state index in [0.29, 0.717) is 0 Å². The molecule has 0 aliphatic carbocycles. The zero-order chi connectivity index (χ0) is 19.1. The van der Waals surface area contributed by atoms with Crippen molar-refractivity contribution in [2.75, 3.05) is 25.6 Å². The van der Waals surface area contributed by atoms with E-state index in [9.17, 15) is 23.1 Å². The number of carbonyl (C=O) groups excluding carboxylic acids is 1. The second kappa shape index (κ2) is 6.45. The number of aliphatic hydroxyl groups excluding tert-OH is 1. The van der Waals surface area contributed by atoms with Crippen LogP contribution in [0.4, 0.5) is 23.8 Å². The Labute approximate surface area is 146 Å². The van der Waals surface area contributed by atoms with Crippen LogP contribution in [0.2, 0.25) is 0 Å². The highest BCUT2D eigenvalue weighted by atomic mass is 19.4. The molecule has 10 heteroatoms. The number of anilines is 1. The van der Waals surface area contributed by atoms with E-state index in [1.54, 1.807) is 0 Å².